The van der Waals surface area contributed by atoms with Crippen molar-refractivity contribution in [2.75, 3.05) is 32.6 Å². The van der Waals surface area contributed by atoms with Crippen LogP contribution in [0, 0.1) is 20.8 Å². The first kappa shape index (κ1) is 21.6. The van der Waals surface area contributed by atoms with Crippen molar-refractivity contribution in [2.45, 2.75) is 46.2 Å². The van der Waals surface area contributed by atoms with Crippen LogP contribution in [0.1, 0.15) is 35.1 Å². The first-order valence-electron chi connectivity index (χ1n) is 10.3. The molecular formula is C24H33N3OS. The number of likely N-dealkylation sites (tertiary alicyclic amines) is 1. The van der Waals surface area contributed by atoms with Gasteiger partial charge in [0.2, 0.25) is 0 Å². The van der Waals surface area contributed by atoms with Gasteiger partial charge in [0.1, 0.15) is 5.75 Å². The van der Waals surface area contributed by atoms with Gasteiger partial charge in [-0.2, -0.15) is 0 Å². The van der Waals surface area contributed by atoms with Gasteiger partial charge in [0.25, 0.3) is 0 Å². The van der Waals surface area contributed by atoms with Crippen molar-refractivity contribution in [3.63, 3.8) is 0 Å². The Morgan fingerprint density at radius 3 is 2.24 bits per heavy atom. The van der Waals surface area contributed by atoms with E-state index in [-0.39, 0.29) is 0 Å². The van der Waals surface area contributed by atoms with Crippen molar-refractivity contribution in [1.82, 2.24) is 9.80 Å². The number of hydrogen-bond donors (Lipinski definition) is 1. The smallest absolute Gasteiger partial charge is 0.173 e. The molecule has 1 saturated heterocycles. The average molecular weight is 412 g/mol. The van der Waals surface area contributed by atoms with Gasteiger partial charge in [-0.05, 0) is 94.8 Å². The van der Waals surface area contributed by atoms with E-state index in [4.69, 9.17) is 17.0 Å². The quantitative estimate of drug-likeness (QED) is 0.706. The molecule has 1 aliphatic rings. The predicted molar refractivity (Wildman–Crippen MR) is 126 cm³/mol. The molecule has 1 heterocycles. The summed E-state index contributed by atoms with van der Waals surface area (Å²) in [5, 5.41) is 4.39. The number of thiocarbonyl (C=S) groups is 1. The van der Waals surface area contributed by atoms with E-state index < -0.39 is 0 Å². The van der Waals surface area contributed by atoms with E-state index in [0.717, 1.165) is 49.0 Å². The first-order chi connectivity index (χ1) is 13.9. The molecule has 156 valence electrons. The molecule has 0 aliphatic carbocycles. The number of piperidine rings is 1. The molecule has 2 aromatic rings. The summed E-state index contributed by atoms with van der Waals surface area (Å²) in [4.78, 5) is 4.77. The Morgan fingerprint density at radius 1 is 1.10 bits per heavy atom. The summed E-state index contributed by atoms with van der Waals surface area (Å²) in [7, 11) is 3.89. The van der Waals surface area contributed by atoms with Gasteiger partial charge in [-0.3, -0.25) is 0 Å². The van der Waals surface area contributed by atoms with Crippen LogP contribution in [0.2, 0.25) is 0 Å². The molecule has 4 nitrogen and oxygen atoms in total. The van der Waals surface area contributed by atoms with Crippen molar-refractivity contribution >= 4 is 23.0 Å². The fraction of sp³-hybridized carbons (Fsp3) is 0.458. The molecule has 29 heavy (non-hydrogen) atoms. The van der Waals surface area contributed by atoms with Gasteiger partial charge in [0, 0.05) is 18.3 Å². The lowest BCUT2D eigenvalue weighted by molar-refractivity contribution is 0.173. The fourth-order valence-corrected chi connectivity index (χ4v) is 4.47. The summed E-state index contributed by atoms with van der Waals surface area (Å²) in [6.07, 6.45) is 2.25. The van der Waals surface area contributed by atoms with Crippen LogP contribution in [0.5, 0.6) is 5.75 Å². The van der Waals surface area contributed by atoms with Crippen molar-refractivity contribution < 1.29 is 4.74 Å². The summed E-state index contributed by atoms with van der Waals surface area (Å²) < 4.78 is 5.31. The molecule has 1 N–H and O–H groups in total. The second-order valence-electron chi connectivity index (χ2n) is 8.21. The third-order valence-electron chi connectivity index (χ3n) is 5.81. The van der Waals surface area contributed by atoms with Crippen LogP contribution in [0.15, 0.2) is 36.4 Å². The first-order valence-corrected chi connectivity index (χ1v) is 10.7. The van der Waals surface area contributed by atoms with Crippen LogP contribution in [0.4, 0.5) is 5.69 Å². The number of nitrogens with zero attached hydrogens (tertiary/aromatic N) is 2. The Labute approximate surface area is 180 Å². The monoisotopic (exact) mass is 411 g/mol. The number of methoxy groups -OCH3 is 1. The average Bonchev–Trinajstić information content (AvgIpc) is 2.70. The number of ether oxygens (including phenoxy) is 1. The topological polar surface area (TPSA) is 27.7 Å². The molecule has 0 atom stereocenters. The number of hydrogen-bond acceptors (Lipinski definition) is 3. The van der Waals surface area contributed by atoms with Gasteiger partial charge >= 0.3 is 0 Å². The highest BCUT2D eigenvalue weighted by Crippen LogP contribution is 2.25. The van der Waals surface area contributed by atoms with E-state index in [9.17, 15) is 0 Å². The van der Waals surface area contributed by atoms with Crippen molar-refractivity contribution in [1.29, 1.82) is 0 Å². The SMILES string of the molecule is COc1ccc(CN(C(=S)Nc2c(C)cc(C)cc2C)C2CCN(C)CC2)cc1. The van der Waals surface area contributed by atoms with Gasteiger partial charge in [0.15, 0.2) is 5.11 Å². The standard InChI is InChI=1S/C24H33N3OS/c1-17-14-18(2)23(19(3)15-17)25-24(29)27(21-10-12-26(4)13-11-21)16-20-6-8-22(28-5)9-7-20/h6-9,14-15,21H,10-13,16H2,1-5H3,(H,25,29). The maximum Gasteiger partial charge on any atom is 0.173 e. The third kappa shape index (κ3) is 5.49. The Hall–Kier alpha value is -2.11. The van der Waals surface area contributed by atoms with Crippen LogP contribution < -0.4 is 10.1 Å². The lowest BCUT2D eigenvalue weighted by Gasteiger charge is -2.39. The van der Waals surface area contributed by atoms with E-state index in [1.807, 2.05) is 12.1 Å². The molecule has 0 bridgehead atoms. The van der Waals surface area contributed by atoms with Gasteiger partial charge < -0.3 is 19.9 Å². The van der Waals surface area contributed by atoms with Crippen LogP contribution in [-0.2, 0) is 6.54 Å². The molecule has 0 aromatic heterocycles. The van der Waals surface area contributed by atoms with E-state index in [2.05, 4.69) is 67.2 Å². The van der Waals surface area contributed by atoms with E-state index in [1.54, 1.807) is 7.11 Å². The summed E-state index contributed by atoms with van der Waals surface area (Å²) >= 11 is 5.94. The van der Waals surface area contributed by atoms with Crippen molar-refractivity contribution in [2.24, 2.45) is 0 Å². The number of anilines is 1. The number of aryl methyl sites for hydroxylation is 3. The molecule has 0 saturated carbocycles. The normalized spacial score (nSPS) is 15.2. The number of nitrogens with one attached hydrogen (secondary N) is 1. The van der Waals surface area contributed by atoms with Crippen LogP contribution >= 0.6 is 12.2 Å². The molecule has 1 fully saturated rings. The maximum atomic E-state index is 5.94. The fourth-order valence-electron chi connectivity index (χ4n) is 4.16. The second kappa shape index (κ2) is 9.59. The van der Waals surface area contributed by atoms with Crippen molar-refractivity contribution in [3.05, 3.63) is 58.7 Å². The highest BCUT2D eigenvalue weighted by Gasteiger charge is 2.26. The minimum Gasteiger partial charge on any atom is -0.497 e. The number of rotatable bonds is 5. The highest BCUT2D eigenvalue weighted by atomic mass is 32.1. The molecule has 3 rings (SSSR count). The molecule has 5 heteroatoms. The molecule has 0 amide bonds. The molecule has 0 radical (unpaired) electrons. The van der Waals surface area contributed by atoms with Gasteiger partial charge in [0.05, 0.1) is 7.11 Å². The summed E-state index contributed by atoms with van der Waals surface area (Å²) in [5.74, 6) is 0.881. The zero-order chi connectivity index (χ0) is 21.0. The third-order valence-corrected chi connectivity index (χ3v) is 6.15. The number of benzene rings is 2. The Balaban J connectivity index is 1.82. The maximum absolute atomic E-state index is 5.94. The van der Waals surface area contributed by atoms with Crippen LogP contribution in [0.25, 0.3) is 0 Å². The minimum absolute atomic E-state index is 0.444. The van der Waals surface area contributed by atoms with Crippen LogP contribution in [-0.4, -0.2) is 48.2 Å². The lowest BCUT2D eigenvalue weighted by atomic mass is 10.0. The zero-order valence-electron chi connectivity index (χ0n) is 18.3. The van der Waals surface area contributed by atoms with Crippen molar-refractivity contribution in [3.8, 4) is 5.75 Å². The van der Waals surface area contributed by atoms with Gasteiger partial charge in [-0.15, -0.1) is 0 Å². The summed E-state index contributed by atoms with van der Waals surface area (Å²) in [6, 6.07) is 13.2. The summed E-state index contributed by atoms with van der Waals surface area (Å²) in [6.45, 7) is 9.44. The molecular weight excluding hydrogens is 378 g/mol. The Morgan fingerprint density at radius 2 is 1.69 bits per heavy atom. The summed E-state index contributed by atoms with van der Waals surface area (Å²) in [5.41, 5.74) is 6.12. The van der Waals surface area contributed by atoms with Crippen LogP contribution in [0.3, 0.4) is 0 Å². The predicted octanol–water partition coefficient (Wildman–Crippen LogP) is 4.91. The molecule has 0 unspecified atom stereocenters. The lowest BCUT2D eigenvalue weighted by Crippen LogP contribution is -2.47. The van der Waals surface area contributed by atoms with Gasteiger partial charge in [-0.25, -0.2) is 0 Å². The van der Waals surface area contributed by atoms with Gasteiger partial charge in [-0.1, -0.05) is 29.8 Å². The second-order valence-corrected chi connectivity index (χ2v) is 8.60. The molecule has 1 aliphatic heterocycles. The van der Waals surface area contributed by atoms with E-state index in [0.29, 0.717) is 6.04 Å². The Bertz CT molecular complexity index is 819. The zero-order valence-corrected chi connectivity index (χ0v) is 19.1. The minimum atomic E-state index is 0.444. The highest BCUT2D eigenvalue weighted by molar-refractivity contribution is 7.80. The molecule has 2 aromatic carbocycles. The van der Waals surface area contributed by atoms with E-state index >= 15 is 0 Å². The largest absolute Gasteiger partial charge is 0.497 e. The molecule has 0 spiro atoms. The van der Waals surface area contributed by atoms with E-state index in [1.165, 1.54) is 22.3 Å². The Kier molecular flexibility index (Phi) is 7.14.